The quantitative estimate of drug-likeness (QED) is 0.110. The fourth-order valence-electron chi connectivity index (χ4n) is 3.81. The summed E-state index contributed by atoms with van der Waals surface area (Å²) in [5.74, 6) is 0.578. The van der Waals surface area contributed by atoms with Crippen molar-refractivity contribution in [3.63, 3.8) is 0 Å². The van der Waals surface area contributed by atoms with E-state index in [9.17, 15) is 5.11 Å². The van der Waals surface area contributed by atoms with Crippen LogP contribution in [0.5, 0.6) is 0 Å². The van der Waals surface area contributed by atoms with Crippen LogP contribution in [0.25, 0.3) is 0 Å². The Kier molecular flexibility index (Phi) is 34.4. The second-order valence-electron chi connectivity index (χ2n) is 8.80. The van der Waals surface area contributed by atoms with E-state index in [0.717, 1.165) is 0 Å². The molecule has 4 N–H and O–H groups in total. The summed E-state index contributed by atoms with van der Waals surface area (Å²) < 4.78 is 8.88. The normalized spacial score (nSPS) is 12.1. The Morgan fingerprint density at radius 2 is 0.806 bits per heavy atom. The Morgan fingerprint density at radius 1 is 0.581 bits per heavy atom. The molecule has 0 aliphatic heterocycles. The first-order chi connectivity index (χ1) is 14.3. The van der Waals surface area contributed by atoms with Gasteiger partial charge in [0.25, 0.3) is 0 Å². The van der Waals surface area contributed by atoms with Gasteiger partial charge < -0.3 is 21.2 Å². The van der Waals surface area contributed by atoms with E-state index in [4.69, 9.17) is 19.2 Å². The molecule has 0 aromatic carbocycles. The van der Waals surface area contributed by atoms with E-state index in [1.807, 2.05) is 0 Å². The molecule has 0 aromatic rings. The molecule has 1 atom stereocenters. The predicted octanol–water partition coefficient (Wildman–Crippen LogP) is 4.62. The summed E-state index contributed by atoms with van der Waals surface area (Å²) in [6.45, 7) is 4.98. The largest absolute Gasteiger partial charge is 1.00 e. The topological polar surface area (TPSA) is 98.0 Å². The molecule has 0 rings (SSSR count). The maximum atomic E-state index is 9.57. The van der Waals surface area contributed by atoms with Gasteiger partial charge in [0.05, 0.1) is 0 Å². The Hall–Kier alpha value is 1.07. The fourth-order valence-corrected chi connectivity index (χ4v) is 3.81. The number of rotatable bonds is 21. The van der Waals surface area contributed by atoms with E-state index in [2.05, 4.69) is 13.8 Å². The van der Waals surface area contributed by atoms with Crippen LogP contribution in [0.1, 0.15) is 144 Å². The first-order valence-corrected chi connectivity index (χ1v) is 14.3. The van der Waals surface area contributed by atoms with Gasteiger partial charge in [0.1, 0.15) is 0 Å². The molecule has 0 bridgehead atoms. The maximum Gasteiger partial charge on any atom is 1.00 e. The zero-order chi connectivity index (χ0) is 22.9. The molecule has 0 radical (unpaired) electrons. The monoisotopic (exact) mass is 476 g/mol. The molecule has 0 fully saturated rings. The number of hydrogen-bond acceptors (Lipinski definition) is 2. The van der Waals surface area contributed by atoms with E-state index in [1.165, 1.54) is 128 Å². The molecule has 0 saturated heterocycles. The van der Waals surface area contributed by atoms with Crippen molar-refractivity contribution in [1.82, 2.24) is 0 Å². The Labute approximate surface area is 217 Å². The van der Waals surface area contributed by atoms with Gasteiger partial charge in [-0.25, -0.2) is 4.57 Å². The summed E-state index contributed by atoms with van der Waals surface area (Å²) >= 11 is 0. The SMILES string of the molecule is CCCCCCCCCCCCC(CO)CCCCCCCCCC.O=P(O)(O)O.[H-].[Na+]. The third-order valence-corrected chi connectivity index (χ3v) is 5.69. The van der Waals surface area contributed by atoms with Crippen LogP contribution in [-0.4, -0.2) is 26.4 Å². The van der Waals surface area contributed by atoms with Gasteiger partial charge >= 0.3 is 37.4 Å². The van der Waals surface area contributed by atoms with Crippen molar-refractivity contribution in [2.75, 3.05) is 6.61 Å². The average molecular weight is 477 g/mol. The molecule has 0 spiro atoms. The standard InChI is InChI=1S/C24H50O.Na.H3O4P.H/c1-3-5-7-9-11-13-14-16-18-20-22-24(23-25)21-19-17-15-12-10-8-6-4-2;;1-5(2,3)4;/h24-25H,3-23H2,1-2H3;;(H3,1,2,3,4);/q;+1;;-1. The fraction of sp³-hybridized carbons (Fsp3) is 1.00. The van der Waals surface area contributed by atoms with Crippen molar-refractivity contribution in [3.05, 3.63) is 0 Å². The van der Waals surface area contributed by atoms with Gasteiger partial charge in [-0.1, -0.05) is 129 Å². The third kappa shape index (κ3) is 41.8. The van der Waals surface area contributed by atoms with E-state index < -0.39 is 7.82 Å². The first kappa shape index (κ1) is 36.6. The minimum atomic E-state index is -4.64. The smallest absolute Gasteiger partial charge is 1.00 e. The van der Waals surface area contributed by atoms with Crippen LogP contribution in [0.15, 0.2) is 0 Å². The van der Waals surface area contributed by atoms with Crippen LogP contribution in [0, 0.1) is 5.92 Å². The second kappa shape index (κ2) is 29.1. The molecule has 31 heavy (non-hydrogen) atoms. The van der Waals surface area contributed by atoms with Crippen molar-refractivity contribution in [2.45, 2.75) is 142 Å². The zero-order valence-corrected chi connectivity index (χ0v) is 24.0. The van der Waals surface area contributed by atoms with E-state index in [-0.39, 0.29) is 31.0 Å². The number of aliphatic hydroxyl groups excluding tert-OH is 1. The summed E-state index contributed by atoms with van der Waals surface area (Å²) in [6.07, 6.45) is 27.7. The maximum absolute atomic E-state index is 9.57. The van der Waals surface area contributed by atoms with Crippen LogP contribution >= 0.6 is 7.82 Å². The van der Waals surface area contributed by atoms with Crippen molar-refractivity contribution >= 4 is 7.82 Å². The third-order valence-electron chi connectivity index (χ3n) is 5.69. The van der Waals surface area contributed by atoms with Crippen molar-refractivity contribution < 1.29 is 55.3 Å². The van der Waals surface area contributed by atoms with Crippen LogP contribution in [0.3, 0.4) is 0 Å². The minimum Gasteiger partial charge on any atom is -1.00 e. The van der Waals surface area contributed by atoms with Gasteiger partial charge in [-0.2, -0.15) is 0 Å². The Balaban J connectivity index is -0.000000501. The summed E-state index contributed by atoms with van der Waals surface area (Å²) in [4.78, 5) is 21.6. The number of unbranched alkanes of at least 4 members (excludes halogenated alkanes) is 16. The van der Waals surface area contributed by atoms with E-state index in [0.29, 0.717) is 12.5 Å². The van der Waals surface area contributed by atoms with Gasteiger partial charge in [-0.05, 0) is 18.8 Å². The second-order valence-corrected chi connectivity index (χ2v) is 9.82. The number of aliphatic hydroxyl groups is 1. The van der Waals surface area contributed by atoms with Crippen molar-refractivity contribution in [3.8, 4) is 0 Å². The zero-order valence-electron chi connectivity index (χ0n) is 22.1. The van der Waals surface area contributed by atoms with Gasteiger partial charge in [-0.15, -0.1) is 0 Å². The molecule has 0 saturated carbocycles. The molecular weight excluding hydrogens is 422 g/mol. The average Bonchev–Trinajstić information content (AvgIpc) is 2.68. The summed E-state index contributed by atoms with van der Waals surface area (Å²) in [7, 11) is -4.64. The summed E-state index contributed by atoms with van der Waals surface area (Å²) in [6, 6.07) is 0. The summed E-state index contributed by atoms with van der Waals surface area (Å²) in [5, 5.41) is 9.57. The van der Waals surface area contributed by atoms with Crippen LogP contribution < -0.4 is 29.6 Å². The molecule has 0 heterocycles. The number of phosphoric acid groups is 1. The number of hydrogen-bond donors (Lipinski definition) is 4. The van der Waals surface area contributed by atoms with Crippen LogP contribution in [0.2, 0.25) is 0 Å². The molecule has 5 nitrogen and oxygen atoms in total. The van der Waals surface area contributed by atoms with Crippen LogP contribution in [0.4, 0.5) is 0 Å². The molecule has 0 aliphatic rings. The molecule has 0 aliphatic carbocycles. The molecule has 0 aromatic heterocycles. The Bertz CT molecular complexity index is 364. The van der Waals surface area contributed by atoms with Crippen molar-refractivity contribution in [2.24, 2.45) is 5.92 Å². The molecule has 7 heteroatoms. The molecule has 0 amide bonds. The molecular formula is C24H54NaO5P. The van der Waals surface area contributed by atoms with Crippen LogP contribution in [-0.2, 0) is 4.57 Å². The van der Waals surface area contributed by atoms with E-state index >= 15 is 0 Å². The van der Waals surface area contributed by atoms with E-state index in [1.54, 1.807) is 0 Å². The van der Waals surface area contributed by atoms with Crippen molar-refractivity contribution in [1.29, 1.82) is 0 Å². The van der Waals surface area contributed by atoms with Gasteiger partial charge in [-0.3, -0.25) is 0 Å². The van der Waals surface area contributed by atoms with Gasteiger partial charge in [0, 0.05) is 6.61 Å². The predicted molar refractivity (Wildman–Crippen MR) is 130 cm³/mol. The molecule has 186 valence electrons. The molecule has 1 unspecified atom stereocenters. The minimum absolute atomic E-state index is 0. The van der Waals surface area contributed by atoms with Gasteiger partial charge in [0.2, 0.25) is 0 Å². The summed E-state index contributed by atoms with van der Waals surface area (Å²) in [5.41, 5.74) is 0. The Morgan fingerprint density at radius 3 is 1.03 bits per heavy atom. The van der Waals surface area contributed by atoms with Gasteiger partial charge in [0.15, 0.2) is 0 Å². The first-order valence-electron chi connectivity index (χ1n) is 12.7.